The number of hydrogen-bond acceptors (Lipinski definition) is 3. The molecule has 1 N–H and O–H groups in total. The van der Waals surface area contributed by atoms with Gasteiger partial charge >= 0.3 is 0 Å². The third-order valence-electron chi connectivity index (χ3n) is 4.15. The van der Waals surface area contributed by atoms with Gasteiger partial charge in [0.1, 0.15) is 5.76 Å². The van der Waals surface area contributed by atoms with Gasteiger partial charge in [0.05, 0.1) is 5.69 Å². The Morgan fingerprint density at radius 2 is 1.64 bits per heavy atom. The van der Waals surface area contributed by atoms with Crippen LogP contribution in [0, 0.1) is 6.92 Å². The second-order valence-electron chi connectivity index (χ2n) is 8.65. The van der Waals surface area contributed by atoms with Gasteiger partial charge in [-0.25, -0.2) is 4.98 Å². The maximum absolute atomic E-state index is 12.2. The highest BCUT2D eigenvalue weighted by Crippen LogP contribution is 2.25. The first-order valence-corrected chi connectivity index (χ1v) is 8.84. The summed E-state index contributed by atoms with van der Waals surface area (Å²) in [6.45, 7) is 14.6. The monoisotopic (exact) mass is 342 g/mol. The van der Waals surface area contributed by atoms with Crippen LogP contribution in [-0.2, 0) is 22.0 Å². The van der Waals surface area contributed by atoms with Gasteiger partial charge in [0.25, 0.3) is 0 Å². The van der Waals surface area contributed by atoms with Crippen LogP contribution in [-0.4, -0.2) is 10.9 Å². The van der Waals surface area contributed by atoms with E-state index >= 15 is 0 Å². The molecule has 0 unspecified atom stereocenters. The number of hydrogen-bond donors (Lipinski definition) is 1. The molecule has 1 amide bonds. The highest BCUT2D eigenvalue weighted by Gasteiger charge is 2.22. The van der Waals surface area contributed by atoms with Gasteiger partial charge in [0.2, 0.25) is 5.91 Å². The molecule has 2 rings (SSSR count). The van der Waals surface area contributed by atoms with Crippen LogP contribution in [0.5, 0.6) is 0 Å². The van der Waals surface area contributed by atoms with Crippen molar-refractivity contribution in [2.45, 2.75) is 72.1 Å². The molecule has 0 saturated carbocycles. The molecule has 0 radical (unpaired) electrons. The Bertz CT molecular complexity index is 729. The zero-order chi connectivity index (χ0) is 18.8. The van der Waals surface area contributed by atoms with Crippen molar-refractivity contribution in [1.82, 2.24) is 4.98 Å². The van der Waals surface area contributed by atoms with Gasteiger partial charge in [-0.05, 0) is 30.0 Å². The first-order chi connectivity index (χ1) is 11.5. The quantitative estimate of drug-likeness (QED) is 0.836. The van der Waals surface area contributed by atoms with Crippen LogP contribution in [0.2, 0.25) is 0 Å². The molecule has 1 aromatic carbocycles. The molecule has 25 heavy (non-hydrogen) atoms. The molecule has 0 atom stereocenters. The predicted molar refractivity (Wildman–Crippen MR) is 102 cm³/mol. The molecule has 0 bridgehead atoms. The van der Waals surface area contributed by atoms with Gasteiger partial charge in [0, 0.05) is 23.9 Å². The third-order valence-corrected chi connectivity index (χ3v) is 4.15. The zero-order valence-corrected chi connectivity index (χ0v) is 16.5. The smallest absolute Gasteiger partial charge is 0.224 e. The lowest BCUT2D eigenvalue weighted by molar-refractivity contribution is -0.116. The van der Waals surface area contributed by atoms with Gasteiger partial charge in [-0.1, -0.05) is 53.7 Å². The van der Waals surface area contributed by atoms with Gasteiger partial charge in [0.15, 0.2) is 5.89 Å². The van der Waals surface area contributed by atoms with E-state index in [1.165, 1.54) is 5.56 Å². The average molecular weight is 342 g/mol. The lowest BCUT2D eigenvalue weighted by Crippen LogP contribution is -2.14. The fourth-order valence-corrected chi connectivity index (χ4v) is 2.48. The summed E-state index contributed by atoms with van der Waals surface area (Å²) in [7, 11) is 0. The summed E-state index contributed by atoms with van der Waals surface area (Å²) in [5.74, 6) is 1.50. The summed E-state index contributed by atoms with van der Waals surface area (Å²) < 4.78 is 5.84. The fourth-order valence-electron chi connectivity index (χ4n) is 2.48. The third kappa shape index (κ3) is 5.18. The lowest BCUT2D eigenvalue weighted by Gasteiger charge is -2.19. The van der Waals surface area contributed by atoms with Crippen molar-refractivity contribution < 1.29 is 9.21 Å². The van der Waals surface area contributed by atoms with Crippen LogP contribution < -0.4 is 5.32 Å². The van der Waals surface area contributed by atoms with Gasteiger partial charge < -0.3 is 9.73 Å². The van der Waals surface area contributed by atoms with E-state index < -0.39 is 0 Å². The highest BCUT2D eigenvalue weighted by molar-refractivity contribution is 5.90. The Hall–Kier alpha value is -2.10. The van der Waals surface area contributed by atoms with E-state index in [0.29, 0.717) is 12.8 Å². The topological polar surface area (TPSA) is 55.1 Å². The summed E-state index contributed by atoms with van der Waals surface area (Å²) in [6, 6.07) is 8.03. The molecule has 4 nitrogen and oxygen atoms in total. The summed E-state index contributed by atoms with van der Waals surface area (Å²) in [4.78, 5) is 16.7. The number of aromatic nitrogens is 1. The molecule has 0 fully saturated rings. The Kier molecular flexibility index (Phi) is 5.40. The molecule has 0 aliphatic rings. The Balaban J connectivity index is 1.94. The summed E-state index contributed by atoms with van der Waals surface area (Å²) in [6.07, 6.45) is 0.932. The maximum Gasteiger partial charge on any atom is 0.224 e. The van der Waals surface area contributed by atoms with Crippen LogP contribution in [0.15, 0.2) is 28.7 Å². The van der Waals surface area contributed by atoms with E-state index in [1.807, 2.05) is 19.1 Å². The number of nitrogens with zero attached hydrogens (tertiary/aromatic N) is 1. The number of aryl methyl sites for hydroxylation is 2. The Morgan fingerprint density at radius 3 is 2.12 bits per heavy atom. The molecule has 0 aliphatic heterocycles. The minimum atomic E-state index is -0.125. The van der Waals surface area contributed by atoms with E-state index in [4.69, 9.17) is 4.42 Å². The number of carbonyl (C=O) groups is 1. The van der Waals surface area contributed by atoms with E-state index in [-0.39, 0.29) is 16.7 Å². The lowest BCUT2D eigenvalue weighted by atomic mass is 9.87. The van der Waals surface area contributed by atoms with Crippen molar-refractivity contribution in [2.24, 2.45) is 0 Å². The fraction of sp³-hybridized carbons (Fsp3) is 0.524. The molecular formula is C21H30N2O2. The SMILES string of the molecule is Cc1nc(C(C)(C)C)oc1CCC(=O)Nc1ccc(C(C)(C)C)cc1. The largest absolute Gasteiger partial charge is 0.445 e. The summed E-state index contributed by atoms with van der Waals surface area (Å²) >= 11 is 0. The van der Waals surface area contributed by atoms with E-state index in [2.05, 4.69) is 64.0 Å². The van der Waals surface area contributed by atoms with Crippen LogP contribution >= 0.6 is 0 Å². The van der Waals surface area contributed by atoms with E-state index in [1.54, 1.807) is 0 Å². The zero-order valence-electron chi connectivity index (χ0n) is 16.5. The molecule has 4 heteroatoms. The molecule has 136 valence electrons. The van der Waals surface area contributed by atoms with Crippen molar-refractivity contribution in [3.63, 3.8) is 0 Å². The molecule has 1 heterocycles. The number of benzene rings is 1. The number of amides is 1. The van der Waals surface area contributed by atoms with E-state index in [0.717, 1.165) is 23.0 Å². The predicted octanol–water partition coefficient (Wildman–Crippen LogP) is 5.15. The van der Waals surface area contributed by atoms with Gasteiger partial charge in [-0.15, -0.1) is 0 Å². The minimum absolute atomic E-state index is 0.0170. The number of nitrogens with one attached hydrogen (secondary N) is 1. The Labute approximate surface area is 151 Å². The van der Waals surface area contributed by atoms with E-state index in [9.17, 15) is 4.79 Å². The molecule has 0 aliphatic carbocycles. The second kappa shape index (κ2) is 7.03. The maximum atomic E-state index is 12.2. The molecule has 1 aromatic heterocycles. The van der Waals surface area contributed by atoms with Crippen LogP contribution in [0.1, 0.15) is 70.9 Å². The van der Waals surface area contributed by atoms with Crippen molar-refractivity contribution in [3.05, 3.63) is 47.2 Å². The van der Waals surface area contributed by atoms with Crippen LogP contribution in [0.25, 0.3) is 0 Å². The van der Waals surface area contributed by atoms with Crippen molar-refractivity contribution in [3.8, 4) is 0 Å². The standard InChI is InChI=1S/C21H30N2O2/c1-14-17(25-19(22-14)21(5,6)7)12-13-18(24)23-16-10-8-15(9-11-16)20(2,3)4/h8-11H,12-13H2,1-7H3,(H,23,24). The number of rotatable bonds is 4. The number of anilines is 1. The van der Waals surface area contributed by atoms with Crippen molar-refractivity contribution in [1.29, 1.82) is 0 Å². The van der Waals surface area contributed by atoms with Crippen molar-refractivity contribution in [2.75, 3.05) is 5.32 Å². The molecular weight excluding hydrogens is 312 g/mol. The molecule has 0 saturated heterocycles. The van der Waals surface area contributed by atoms with Crippen LogP contribution in [0.4, 0.5) is 5.69 Å². The molecule has 0 spiro atoms. The normalized spacial score (nSPS) is 12.3. The van der Waals surface area contributed by atoms with Crippen LogP contribution in [0.3, 0.4) is 0 Å². The number of oxazole rings is 1. The minimum Gasteiger partial charge on any atom is -0.445 e. The first kappa shape index (κ1) is 19.2. The van der Waals surface area contributed by atoms with Gasteiger partial charge in [-0.2, -0.15) is 0 Å². The average Bonchev–Trinajstić information content (AvgIpc) is 2.86. The van der Waals surface area contributed by atoms with Crippen molar-refractivity contribution >= 4 is 11.6 Å². The number of carbonyl (C=O) groups excluding carboxylic acids is 1. The summed E-state index contributed by atoms with van der Waals surface area (Å²) in [5.41, 5.74) is 2.92. The second-order valence-corrected chi connectivity index (χ2v) is 8.65. The van der Waals surface area contributed by atoms with Gasteiger partial charge in [-0.3, -0.25) is 4.79 Å². The first-order valence-electron chi connectivity index (χ1n) is 8.84. The highest BCUT2D eigenvalue weighted by atomic mass is 16.4. The Morgan fingerprint density at radius 1 is 1.04 bits per heavy atom. The summed E-state index contributed by atoms with van der Waals surface area (Å²) in [5, 5.41) is 2.95. The molecule has 2 aromatic rings.